The Bertz CT molecular complexity index is 599. The number of urea groups is 1. The van der Waals surface area contributed by atoms with Crippen molar-refractivity contribution in [3.63, 3.8) is 0 Å². The summed E-state index contributed by atoms with van der Waals surface area (Å²) in [5.74, 6) is 0.475. The molecule has 122 valence electrons. The lowest BCUT2D eigenvalue weighted by Gasteiger charge is -2.19. The largest absolute Gasteiger partial charge is 0.468 e. The fourth-order valence-corrected chi connectivity index (χ4v) is 2.98. The van der Waals surface area contributed by atoms with Crippen molar-refractivity contribution in [3.8, 4) is 0 Å². The van der Waals surface area contributed by atoms with Crippen LogP contribution in [0, 0.1) is 0 Å². The average Bonchev–Trinajstić information content (AvgIpc) is 2.97. The molecule has 3 rings (SSSR count). The molecule has 0 saturated heterocycles. The van der Waals surface area contributed by atoms with Gasteiger partial charge in [0.15, 0.2) is 0 Å². The van der Waals surface area contributed by atoms with E-state index in [1.165, 1.54) is 0 Å². The van der Waals surface area contributed by atoms with Gasteiger partial charge in [0.1, 0.15) is 5.76 Å². The fraction of sp³-hybridized carbons (Fsp3) is 0.375. The second kappa shape index (κ2) is 7.43. The summed E-state index contributed by atoms with van der Waals surface area (Å²) in [5.41, 5.74) is 0. The molecule has 6 nitrogen and oxygen atoms in total. The number of rotatable bonds is 7. The first-order chi connectivity index (χ1) is 11.2. The van der Waals surface area contributed by atoms with Gasteiger partial charge in [0.2, 0.25) is 5.91 Å². The molecule has 1 aliphatic rings. The Morgan fingerprint density at radius 3 is 2.78 bits per heavy atom. The van der Waals surface area contributed by atoms with Crippen LogP contribution >= 0.6 is 11.3 Å². The van der Waals surface area contributed by atoms with E-state index in [2.05, 4.69) is 10.6 Å². The maximum Gasteiger partial charge on any atom is 0.321 e. The van der Waals surface area contributed by atoms with Crippen molar-refractivity contribution < 1.29 is 14.0 Å². The van der Waals surface area contributed by atoms with Gasteiger partial charge in [0, 0.05) is 17.5 Å². The van der Waals surface area contributed by atoms with E-state index in [1.807, 2.05) is 34.5 Å². The molecule has 1 saturated carbocycles. The molecule has 0 spiro atoms. The number of carbonyl (C=O) groups excluding carboxylic acids is 2. The summed E-state index contributed by atoms with van der Waals surface area (Å²) in [6.07, 6.45) is 3.59. The Hall–Kier alpha value is -2.12. The minimum Gasteiger partial charge on any atom is -0.468 e. The molecule has 7 heteroatoms. The SMILES string of the molecule is O=C(CN(Cc1ccco1)Cc1cccs1)NC(=O)NC1CC1. The van der Waals surface area contributed by atoms with Crippen LogP contribution in [0.15, 0.2) is 40.3 Å². The Balaban J connectivity index is 1.55. The van der Waals surface area contributed by atoms with Crippen molar-refractivity contribution in [1.29, 1.82) is 0 Å². The third-order valence-electron chi connectivity index (χ3n) is 3.45. The second-order valence-corrected chi connectivity index (χ2v) is 6.63. The molecular formula is C16H19N3O3S. The van der Waals surface area contributed by atoms with E-state index in [-0.39, 0.29) is 18.5 Å². The smallest absolute Gasteiger partial charge is 0.321 e. The van der Waals surface area contributed by atoms with Crippen LogP contribution in [0.4, 0.5) is 4.79 Å². The molecule has 2 heterocycles. The molecule has 0 radical (unpaired) electrons. The molecule has 2 N–H and O–H groups in total. The van der Waals surface area contributed by atoms with Crippen LogP contribution in [0.2, 0.25) is 0 Å². The van der Waals surface area contributed by atoms with Crippen LogP contribution in [0.5, 0.6) is 0 Å². The Morgan fingerprint density at radius 2 is 2.13 bits per heavy atom. The Labute approximate surface area is 138 Å². The number of amides is 3. The molecule has 1 aliphatic carbocycles. The summed E-state index contributed by atoms with van der Waals surface area (Å²) in [6.45, 7) is 1.29. The van der Waals surface area contributed by atoms with Crippen LogP contribution in [0.25, 0.3) is 0 Å². The number of hydrogen-bond acceptors (Lipinski definition) is 5. The lowest BCUT2D eigenvalue weighted by Crippen LogP contribution is -2.44. The van der Waals surface area contributed by atoms with E-state index in [4.69, 9.17) is 4.42 Å². The van der Waals surface area contributed by atoms with Gasteiger partial charge in [-0.3, -0.25) is 15.0 Å². The van der Waals surface area contributed by atoms with Crippen molar-refractivity contribution >= 4 is 23.3 Å². The zero-order valence-corrected chi connectivity index (χ0v) is 13.5. The molecule has 2 aromatic heterocycles. The summed E-state index contributed by atoms with van der Waals surface area (Å²) < 4.78 is 5.36. The van der Waals surface area contributed by atoms with Gasteiger partial charge >= 0.3 is 6.03 Å². The highest BCUT2D eigenvalue weighted by Gasteiger charge is 2.24. The first-order valence-corrected chi connectivity index (χ1v) is 8.44. The topological polar surface area (TPSA) is 74.6 Å². The summed E-state index contributed by atoms with van der Waals surface area (Å²) >= 11 is 1.64. The molecule has 2 aromatic rings. The van der Waals surface area contributed by atoms with E-state index < -0.39 is 6.03 Å². The van der Waals surface area contributed by atoms with Gasteiger partial charge in [-0.15, -0.1) is 11.3 Å². The fourth-order valence-electron chi connectivity index (χ4n) is 2.23. The summed E-state index contributed by atoms with van der Waals surface area (Å²) in [4.78, 5) is 26.8. The quantitative estimate of drug-likeness (QED) is 0.815. The molecular weight excluding hydrogens is 314 g/mol. The first kappa shape index (κ1) is 15.8. The van der Waals surface area contributed by atoms with Crippen molar-refractivity contribution in [3.05, 3.63) is 46.5 Å². The molecule has 0 aromatic carbocycles. The maximum atomic E-state index is 12.1. The lowest BCUT2D eigenvalue weighted by molar-refractivity contribution is -0.121. The van der Waals surface area contributed by atoms with Crippen LogP contribution in [0.3, 0.4) is 0 Å². The zero-order chi connectivity index (χ0) is 16.1. The summed E-state index contributed by atoms with van der Waals surface area (Å²) in [7, 11) is 0. The third-order valence-corrected chi connectivity index (χ3v) is 4.31. The van der Waals surface area contributed by atoms with Crippen LogP contribution in [0.1, 0.15) is 23.5 Å². The number of furan rings is 1. The van der Waals surface area contributed by atoms with Gasteiger partial charge in [-0.2, -0.15) is 0 Å². The highest BCUT2D eigenvalue weighted by Crippen LogP contribution is 2.18. The first-order valence-electron chi connectivity index (χ1n) is 7.56. The van der Waals surface area contributed by atoms with E-state index in [1.54, 1.807) is 17.6 Å². The molecule has 0 aliphatic heterocycles. The Kier molecular flexibility index (Phi) is 5.09. The predicted molar refractivity (Wildman–Crippen MR) is 86.8 cm³/mol. The van der Waals surface area contributed by atoms with Gasteiger partial charge in [0.25, 0.3) is 0 Å². The second-order valence-electron chi connectivity index (χ2n) is 5.60. The van der Waals surface area contributed by atoms with E-state index >= 15 is 0 Å². The summed E-state index contributed by atoms with van der Waals surface area (Å²) in [6, 6.07) is 7.52. The number of thiophene rings is 1. The molecule has 0 bridgehead atoms. The van der Waals surface area contributed by atoms with E-state index in [0.29, 0.717) is 13.1 Å². The van der Waals surface area contributed by atoms with Crippen molar-refractivity contribution in [2.75, 3.05) is 6.54 Å². The number of nitrogens with zero attached hydrogens (tertiary/aromatic N) is 1. The van der Waals surface area contributed by atoms with E-state index in [9.17, 15) is 9.59 Å². The highest BCUT2D eigenvalue weighted by molar-refractivity contribution is 7.09. The van der Waals surface area contributed by atoms with Crippen molar-refractivity contribution in [2.45, 2.75) is 32.0 Å². The lowest BCUT2D eigenvalue weighted by atomic mass is 10.3. The minimum atomic E-state index is -0.411. The van der Waals surface area contributed by atoms with Gasteiger partial charge in [-0.05, 0) is 36.4 Å². The zero-order valence-electron chi connectivity index (χ0n) is 12.7. The summed E-state index contributed by atoms with van der Waals surface area (Å²) in [5, 5.41) is 7.13. The monoisotopic (exact) mass is 333 g/mol. The molecule has 0 atom stereocenters. The predicted octanol–water partition coefficient (Wildman–Crippen LogP) is 2.33. The van der Waals surface area contributed by atoms with Crippen LogP contribution < -0.4 is 10.6 Å². The van der Waals surface area contributed by atoms with Crippen LogP contribution in [-0.2, 0) is 17.9 Å². The van der Waals surface area contributed by atoms with Crippen molar-refractivity contribution in [1.82, 2.24) is 15.5 Å². The van der Waals surface area contributed by atoms with Crippen LogP contribution in [-0.4, -0.2) is 29.4 Å². The molecule has 23 heavy (non-hydrogen) atoms. The number of imide groups is 1. The average molecular weight is 333 g/mol. The standard InChI is InChI=1S/C16H19N3O3S/c20-15(18-16(21)17-12-5-6-12)11-19(9-13-3-1-7-22-13)10-14-4-2-8-23-14/h1-4,7-8,12H,5-6,9-11H2,(H2,17,18,20,21). The van der Waals surface area contributed by atoms with Crippen molar-refractivity contribution in [2.24, 2.45) is 0 Å². The van der Waals surface area contributed by atoms with Gasteiger partial charge < -0.3 is 9.73 Å². The Morgan fingerprint density at radius 1 is 1.26 bits per heavy atom. The number of hydrogen-bond donors (Lipinski definition) is 2. The molecule has 0 unspecified atom stereocenters. The number of nitrogens with one attached hydrogen (secondary N) is 2. The van der Waals surface area contributed by atoms with Gasteiger partial charge in [-0.25, -0.2) is 4.79 Å². The maximum absolute atomic E-state index is 12.1. The minimum absolute atomic E-state index is 0.136. The molecule has 1 fully saturated rings. The van der Waals surface area contributed by atoms with Gasteiger partial charge in [-0.1, -0.05) is 6.07 Å². The highest BCUT2D eigenvalue weighted by atomic mass is 32.1. The molecule has 3 amide bonds. The normalized spacial score (nSPS) is 14.0. The number of carbonyl (C=O) groups is 2. The van der Waals surface area contributed by atoms with Gasteiger partial charge in [0.05, 0.1) is 19.4 Å². The van der Waals surface area contributed by atoms with E-state index in [0.717, 1.165) is 23.5 Å². The third kappa shape index (κ3) is 5.22.